The van der Waals surface area contributed by atoms with Crippen LogP contribution < -0.4 is 20.1 Å². The van der Waals surface area contributed by atoms with Crippen molar-refractivity contribution in [2.75, 3.05) is 24.9 Å². The minimum Gasteiger partial charge on any atom is -0.495 e. The molecule has 0 saturated carbocycles. The lowest BCUT2D eigenvalue weighted by Gasteiger charge is -2.12. The van der Waals surface area contributed by atoms with Gasteiger partial charge in [0.2, 0.25) is 5.88 Å². The third kappa shape index (κ3) is 4.36. The number of carbonyl (C=O) groups excluding carboxylic acids is 1. The van der Waals surface area contributed by atoms with Gasteiger partial charge in [-0.3, -0.25) is 0 Å². The summed E-state index contributed by atoms with van der Waals surface area (Å²) >= 11 is 5.97. The number of fused-ring (bicyclic) bond motifs is 1. The van der Waals surface area contributed by atoms with Crippen molar-refractivity contribution in [3.05, 3.63) is 65.6 Å². The predicted octanol–water partition coefficient (Wildman–Crippen LogP) is 4.85. The van der Waals surface area contributed by atoms with E-state index in [1.807, 2.05) is 0 Å². The lowest BCUT2D eigenvalue weighted by Crippen LogP contribution is -2.20. The molecule has 31 heavy (non-hydrogen) atoms. The molecule has 0 saturated heterocycles. The van der Waals surface area contributed by atoms with E-state index in [1.54, 1.807) is 41.0 Å². The van der Waals surface area contributed by atoms with E-state index < -0.39 is 11.8 Å². The Labute approximate surface area is 181 Å². The maximum Gasteiger partial charge on any atom is 0.323 e. The Hall–Kier alpha value is -3.85. The lowest BCUT2D eigenvalue weighted by atomic mass is 10.1. The topological polar surface area (TPSA) is 89.8 Å². The first-order valence-electron chi connectivity index (χ1n) is 9.08. The zero-order valence-corrected chi connectivity index (χ0v) is 17.3. The van der Waals surface area contributed by atoms with Crippen LogP contribution >= 0.6 is 11.6 Å². The molecule has 2 heterocycles. The standard InChI is InChI=1S/C21H17ClFN5O3/c1-30-18-6-4-13(22)10-16(18)26-21(29)25-15-9-12(3-5-14(15)23)17-11-28-19(24-17)7-8-20(27-28)31-2/h3-11H,1-2H3,(H2,25,26,29). The largest absolute Gasteiger partial charge is 0.495 e. The van der Waals surface area contributed by atoms with Crippen LogP contribution in [0.15, 0.2) is 54.7 Å². The Morgan fingerprint density at radius 1 is 1.03 bits per heavy atom. The van der Waals surface area contributed by atoms with Gasteiger partial charge in [-0.05, 0) is 42.5 Å². The Kier molecular flexibility index (Phi) is 5.59. The van der Waals surface area contributed by atoms with Gasteiger partial charge in [-0.2, -0.15) is 0 Å². The van der Waals surface area contributed by atoms with Crippen molar-refractivity contribution >= 4 is 34.7 Å². The van der Waals surface area contributed by atoms with E-state index in [4.69, 9.17) is 21.1 Å². The van der Waals surface area contributed by atoms with Gasteiger partial charge in [0.15, 0.2) is 5.65 Å². The van der Waals surface area contributed by atoms with Crippen LogP contribution in [-0.2, 0) is 0 Å². The molecule has 2 aromatic heterocycles. The van der Waals surface area contributed by atoms with E-state index in [9.17, 15) is 9.18 Å². The van der Waals surface area contributed by atoms with Gasteiger partial charge in [-0.25, -0.2) is 18.7 Å². The van der Waals surface area contributed by atoms with Gasteiger partial charge in [-0.15, -0.1) is 5.10 Å². The van der Waals surface area contributed by atoms with Crippen LogP contribution in [0.1, 0.15) is 0 Å². The van der Waals surface area contributed by atoms with Gasteiger partial charge < -0.3 is 20.1 Å². The van der Waals surface area contributed by atoms with Crippen LogP contribution in [0.5, 0.6) is 11.6 Å². The molecule has 0 atom stereocenters. The molecule has 2 aromatic carbocycles. The molecular formula is C21H17ClFN5O3. The number of methoxy groups -OCH3 is 2. The Morgan fingerprint density at radius 2 is 1.84 bits per heavy atom. The second-order valence-electron chi connectivity index (χ2n) is 6.42. The molecule has 0 fully saturated rings. The number of imidazole rings is 1. The van der Waals surface area contributed by atoms with Gasteiger partial charge >= 0.3 is 6.03 Å². The van der Waals surface area contributed by atoms with E-state index >= 15 is 0 Å². The summed E-state index contributed by atoms with van der Waals surface area (Å²) in [5, 5.41) is 9.77. The van der Waals surface area contributed by atoms with Gasteiger partial charge in [-0.1, -0.05) is 11.6 Å². The molecule has 0 bridgehead atoms. The van der Waals surface area contributed by atoms with Crippen LogP contribution in [0, 0.1) is 5.82 Å². The van der Waals surface area contributed by atoms with Crippen molar-refractivity contribution in [2.24, 2.45) is 0 Å². The highest BCUT2D eigenvalue weighted by molar-refractivity contribution is 6.31. The number of nitrogens with one attached hydrogen (secondary N) is 2. The summed E-state index contributed by atoms with van der Waals surface area (Å²) < 4.78 is 26.2. The van der Waals surface area contributed by atoms with Crippen LogP contribution in [0.3, 0.4) is 0 Å². The molecule has 0 aliphatic rings. The number of urea groups is 1. The highest BCUT2D eigenvalue weighted by atomic mass is 35.5. The van der Waals surface area contributed by atoms with E-state index in [1.165, 1.54) is 32.4 Å². The molecule has 10 heteroatoms. The quantitative estimate of drug-likeness (QED) is 0.462. The third-order valence-corrected chi connectivity index (χ3v) is 4.66. The summed E-state index contributed by atoms with van der Waals surface area (Å²) in [5.41, 5.74) is 2.09. The van der Waals surface area contributed by atoms with Crippen molar-refractivity contribution < 1.29 is 18.7 Å². The second kappa shape index (κ2) is 8.49. The summed E-state index contributed by atoms with van der Waals surface area (Å²) in [4.78, 5) is 16.9. The molecule has 0 aliphatic heterocycles. The number of ether oxygens (including phenoxy) is 2. The van der Waals surface area contributed by atoms with Crippen molar-refractivity contribution in [3.63, 3.8) is 0 Å². The highest BCUT2D eigenvalue weighted by Crippen LogP contribution is 2.29. The number of anilines is 2. The predicted molar refractivity (Wildman–Crippen MR) is 116 cm³/mol. The minimum absolute atomic E-state index is 0.0152. The van der Waals surface area contributed by atoms with Gasteiger partial charge in [0, 0.05) is 16.7 Å². The summed E-state index contributed by atoms with van der Waals surface area (Å²) in [6.07, 6.45) is 1.69. The fraction of sp³-hybridized carbons (Fsp3) is 0.0952. The monoisotopic (exact) mass is 441 g/mol. The minimum atomic E-state index is -0.655. The third-order valence-electron chi connectivity index (χ3n) is 4.42. The maximum absolute atomic E-state index is 14.4. The zero-order chi connectivity index (χ0) is 22.0. The fourth-order valence-corrected chi connectivity index (χ4v) is 3.12. The van der Waals surface area contributed by atoms with Gasteiger partial charge in [0.1, 0.15) is 11.6 Å². The van der Waals surface area contributed by atoms with Crippen LogP contribution in [0.25, 0.3) is 16.9 Å². The Morgan fingerprint density at radius 3 is 2.61 bits per heavy atom. The molecule has 2 N–H and O–H groups in total. The number of hydrogen-bond acceptors (Lipinski definition) is 5. The number of rotatable bonds is 5. The van der Waals surface area contributed by atoms with Gasteiger partial charge in [0.05, 0.1) is 37.5 Å². The number of amides is 2. The van der Waals surface area contributed by atoms with Crippen molar-refractivity contribution in [1.29, 1.82) is 0 Å². The second-order valence-corrected chi connectivity index (χ2v) is 6.86. The first-order chi connectivity index (χ1) is 15.0. The first-order valence-corrected chi connectivity index (χ1v) is 9.46. The normalized spacial score (nSPS) is 10.7. The molecular weight excluding hydrogens is 425 g/mol. The number of aromatic nitrogens is 3. The maximum atomic E-state index is 14.4. The van der Waals surface area contributed by atoms with E-state index in [-0.39, 0.29) is 5.69 Å². The number of hydrogen-bond donors (Lipinski definition) is 2. The van der Waals surface area contributed by atoms with E-state index in [2.05, 4.69) is 20.7 Å². The molecule has 0 spiro atoms. The number of benzene rings is 2. The van der Waals surface area contributed by atoms with Crippen LogP contribution in [0.2, 0.25) is 5.02 Å². The fourth-order valence-electron chi connectivity index (χ4n) is 2.95. The van der Waals surface area contributed by atoms with Crippen molar-refractivity contribution in [1.82, 2.24) is 14.6 Å². The molecule has 4 aromatic rings. The van der Waals surface area contributed by atoms with E-state index in [0.717, 1.165) is 0 Å². The smallest absolute Gasteiger partial charge is 0.323 e. The molecule has 0 unspecified atom stereocenters. The molecule has 158 valence electrons. The average Bonchev–Trinajstić information content (AvgIpc) is 3.18. The van der Waals surface area contributed by atoms with E-state index in [0.29, 0.717) is 39.2 Å². The molecule has 4 rings (SSSR count). The summed E-state index contributed by atoms with van der Waals surface area (Å²) in [5.74, 6) is 0.257. The molecule has 0 aliphatic carbocycles. The SMILES string of the molecule is COc1ccc2nc(-c3ccc(F)c(NC(=O)Nc4cc(Cl)ccc4OC)c3)cn2n1. The van der Waals surface area contributed by atoms with Crippen molar-refractivity contribution in [2.45, 2.75) is 0 Å². The van der Waals surface area contributed by atoms with Gasteiger partial charge in [0.25, 0.3) is 0 Å². The number of carbonyl (C=O) groups is 1. The summed E-state index contributed by atoms with van der Waals surface area (Å²) in [7, 11) is 2.99. The Balaban J connectivity index is 1.58. The zero-order valence-electron chi connectivity index (χ0n) is 16.5. The molecule has 2 amide bonds. The number of nitrogens with zero attached hydrogens (tertiary/aromatic N) is 3. The van der Waals surface area contributed by atoms with Crippen molar-refractivity contribution in [3.8, 4) is 22.9 Å². The summed E-state index contributed by atoms with van der Waals surface area (Å²) in [6.45, 7) is 0. The highest BCUT2D eigenvalue weighted by Gasteiger charge is 2.13. The summed E-state index contributed by atoms with van der Waals surface area (Å²) in [6, 6.07) is 11.9. The molecule has 8 nitrogen and oxygen atoms in total. The van der Waals surface area contributed by atoms with Crippen LogP contribution in [0.4, 0.5) is 20.6 Å². The van der Waals surface area contributed by atoms with Crippen LogP contribution in [-0.4, -0.2) is 34.8 Å². The number of halogens is 2. The lowest BCUT2D eigenvalue weighted by molar-refractivity contribution is 0.262. The Bertz CT molecular complexity index is 1280. The molecule has 0 radical (unpaired) electrons. The first kappa shape index (κ1) is 20.4. The average molecular weight is 442 g/mol.